The summed E-state index contributed by atoms with van der Waals surface area (Å²) >= 11 is 0. The maximum absolute atomic E-state index is 13.2. The topological polar surface area (TPSA) is 70.8 Å². The number of benzene rings is 2. The highest BCUT2D eigenvalue weighted by molar-refractivity contribution is 6.46. The lowest BCUT2D eigenvalue weighted by atomic mass is 9.95. The molecular formula is C22H16FNO4. The number of furan rings is 1. The van der Waals surface area contributed by atoms with Crippen LogP contribution >= 0.6 is 0 Å². The van der Waals surface area contributed by atoms with Gasteiger partial charge in [0.25, 0.3) is 11.7 Å². The number of rotatable bonds is 4. The minimum Gasteiger partial charge on any atom is -0.507 e. The largest absolute Gasteiger partial charge is 0.507 e. The molecule has 1 saturated heterocycles. The molecule has 3 aromatic rings. The highest BCUT2D eigenvalue weighted by atomic mass is 19.1. The second-order valence-corrected chi connectivity index (χ2v) is 6.42. The molecule has 6 heteroatoms. The van der Waals surface area contributed by atoms with Gasteiger partial charge in [-0.05, 0) is 42.0 Å². The second-order valence-electron chi connectivity index (χ2n) is 6.42. The van der Waals surface area contributed by atoms with E-state index in [-0.39, 0.29) is 23.4 Å². The van der Waals surface area contributed by atoms with E-state index in [1.54, 1.807) is 36.4 Å². The van der Waals surface area contributed by atoms with Crippen LogP contribution in [0.5, 0.6) is 0 Å². The van der Waals surface area contributed by atoms with Gasteiger partial charge in [-0.1, -0.05) is 30.3 Å². The predicted molar refractivity (Wildman–Crippen MR) is 99.4 cm³/mol. The first kappa shape index (κ1) is 17.7. The Morgan fingerprint density at radius 2 is 1.71 bits per heavy atom. The number of aliphatic hydroxyl groups is 1. The number of hydrogen-bond donors (Lipinski definition) is 1. The van der Waals surface area contributed by atoms with E-state index < -0.39 is 23.5 Å². The van der Waals surface area contributed by atoms with Crippen molar-refractivity contribution in [2.75, 3.05) is 0 Å². The zero-order valence-electron chi connectivity index (χ0n) is 14.7. The molecule has 0 aliphatic carbocycles. The van der Waals surface area contributed by atoms with Gasteiger partial charge in [0.05, 0.1) is 24.4 Å². The van der Waals surface area contributed by atoms with Crippen molar-refractivity contribution in [2.45, 2.75) is 12.6 Å². The molecule has 0 bridgehead atoms. The molecule has 1 atom stereocenters. The molecule has 5 nitrogen and oxygen atoms in total. The minimum absolute atomic E-state index is 0.0330. The third kappa shape index (κ3) is 3.09. The van der Waals surface area contributed by atoms with Crippen molar-refractivity contribution in [3.8, 4) is 0 Å². The number of ketones is 1. The average Bonchev–Trinajstić information content (AvgIpc) is 3.31. The van der Waals surface area contributed by atoms with E-state index in [9.17, 15) is 19.1 Å². The van der Waals surface area contributed by atoms with Crippen LogP contribution < -0.4 is 0 Å². The van der Waals surface area contributed by atoms with Crippen molar-refractivity contribution in [2.24, 2.45) is 0 Å². The van der Waals surface area contributed by atoms with E-state index >= 15 is 0 Å². The molecule has 2 aromatic carbocycles. The van der Waals surface area contributed by atoms with Crippen LogP contribution in [0.3, 0.4) is 0 Å². The fourth-order valence-corrected chi connectivity index (χ4v) is 3.36. The molecule has 1 aliphatic heterocycles. The fourth-order valence-electron chi connectivity index (χ4n) is 3.36. The number of Topliss-reactive ketones (excluding diaryl/α,β-unsaturated/α-hetero) is 1. The number of likely N-dealkylation sites (tertiary alicyclic amines) is 1. The zero-order valence-corrected chi connectivity index (χ0v) is 14.7. The van der Waals surface area contributed by atoms with Crippen LogP contribution in [0, 0.1) is 5.82 Å². The van der Waals surface area contributed by atoms with E-state index in [1.807, 2.05) is 6.07 Å². The molecule has 0 radical (unpaired) electrons. The molecule has 0 saturated carbocycles. The third-order valence-electron chi connectivity index (χ3n) is 4.68. The van der Waals surface area contributed by atoms with Crippen molar-refractivity contribution < 1.29 is 23.5 Å². The Kier molecular flexibility index (Phi) is 4.53. The molecule has 2 heterocycles. The Morgan fingerprint density at radius 3 is 2.36 bits per heavy atom. The van der Waals surface area contributed by atoms with Crippen LogP contribution in [0.2, 0.25) is 0 Å². The molecule has 0 spiro atoms. The number of nitrogens with zero attached hydrogens (tertiary/aromatic N) is 1. The molecule has 4 rings (SSSR count). The van der Waals surface area contributed by atoms with Crippen molar-refractivity contribution in [3.63, 3.8) is 0 Å². The van der Waals surface area contributed by atoms with Crippen LogP contribution in [-0.4, -0.2) is 21.7 Å². The Labute approximate surface area is 160 Å². The summed E-state index contributed by atoms with van der Waals surface area (Å²) in [5.74, 6) is -1.80. The Hall–Kier alpha value is -3.67. The molecule has 1 unspecified atom stereocenters. The molecule has 1 aliphatic rings. The third-order valence-corrected chi connectivity index (χ3v) is 4.68. The quantitative estimate of drug-likeness (QED) is 0.423. The summed E-state index contributed by atoms with van der Waals surface area (Å²) in [6, 6.07) is 16.7. The number of hydrogen-bond acceptors (Lipinski definition) is 4. The van der Waals surface area contributed by atoms with Gasteiger partial charge >= 0.3 is 0 Å². The summed E-state index contributed by atoms with van der Waals surface area (Å²) in [7, 11) is 0. The van der Waals surface area contributed by atoms with Gasteiger partial charge in [-0.2, -0.15) is 0 Å². The van der Waals surface area contributed by atoms with Gasteiger partial charge < -0.3 is 14.4 Å². The van der Waals surface area contributed by atoms with Gasteiger partial charge in [-0.3, -0.25) is 9.59 Å². The zero-order chi connectivity index (χ0) is 19.7. The van der Waals surface area contributed by atoms with Crippen LogP contribution in [0.1, 0.15) is 22.9 Å². The number of amides is 1. The highest BCUT2D eigenvalue weighted by Gasteiger charge is 2.46. The predicted octanol–water partition coefficient (Wildman–Crippen LogP) is 4.04. The van der Waals surface area contributed by atoms with E-state index in [1.165, 1.54) is 35.4 Å². The first-order valence-corrected chi connectivity index (χ1v) is 8.68. The smallest absolute Gasteiger partial charge is 0.296 e. The van der Waals surface area contributed by atoms with Crippen molar-refractivity contribution in [3.05, 3.63) is 101 Å². The monoisotopic (exact) mass is 377 g/mol. The van der Waals surface area contributed by atoms with E-state index in [0.717, 1.165) is 0 Å². The molecule has 1 fully saturated rings. The van der Waals surface area contributed by atoms with Crippen molar-refractivity contribution in [1.29, 1.82) is 0 Å². The van der Waals surface area contributed by atoms with E-state index in [0.29, 0.717) is 11.3 Å². The van der Waals surface area contributed by atoms with Crippen LogP contribution in [0.4, 0.5) is 4.39 Å². The van der Waals surface area contributed by atoms with Gasteiger partial charge in [0.2, 0.25) is 0 Å². The highest BCUT2D eigenvalue weighted by Crippen LogP contribution is 2.40. The number of halogens is 1. The van der Waals surface area contributed by atoms with Gasteiger partial charge in [-0.25, -0.2) is 4.39 Å². The van der Waals surface area contributed by atoms with Crippen LogP contribution in [-0.2, 0) is 16.1 Å². The summed E-state index contributed by atoms with van der Waals surface area (Å²) in [6.07, 6.45) is 1.49. The second kappa shape index (κ2) is 7.15. The lowest BCUT2D eigenvalue weighted by molar-refractivity contribution is -0.140. The van der Waals surface area contributed by atoms with Crippen molar-refractivity contribution in [1.82, 2.24) is 4.90 Å². The van der Waals surface area contributed by atoms with Gasteiger partial charge in [0.1, 0.15) is 17.3 Å². The number of carbonyl (C=O) groups is 2. The van der Waals surface area contributed by atoms with Gasteiger partial charge in [0.15, 0.2) is 0 Å². The molecule has 140 valence electrons. The average molecular weight is 377 g/mol. The Bertz CT molecular complexity index is 1040. The molecule has 1 amide bonds. The fraction of sp³-hybridized carbons (Fsp3) is 0.0909. The van der Waals surface area contributed by atoms with E-state index in [4.69, 9.17) is 4.42 Å². The Morgan fingerprint density at radius 1 is 1.00 bits per heavy atom. The van der Waals surface area contributed by atoms with E-state index in [2.05, 4.69) is 0 Å². The molecule has 1 N–H and O–H groups in total. The lowest BCUT2D eigenvalue weighted by Gasteiger charge is -2.24. The molecule has 1 aromatic heterocycles. The van der Waals surface area contributed by atoms with Crippen LogP contribution in [0.25, 0.3) is 5.76 Å². The van der Waals surface area contributed by atoms with Gasteiger partial charge in [0, 0.05) is 5.56 Å². The minimum atomic E-state index is -0.790. The van der Waals surface area contributed by atoms with Crippen LogP contribution in [0.15, 0.2) is 83.0 Å². The number of aliphatic hydroxyl groups excluding tert-OH is 1. The van der Waals surface area contributed by atoms with Gasteiger partial charge in [-0.15, -0.1) is 0 Å². The lowest BCUT2D eigenvalue weighted by Crippen LogP contribution is -2.29. The summed E-state index contributed by atoms with van der Waals surface area (Å²) in [5.41, 5.74) is 0.907. The molecule has 28 heavy (non-hydrogen) atoms. The summed E-state index contributed by atoms with van der Waals surface area (Å²) < 4.78 is 18.6. The standard InChI is InChI=1S/C22H16FNO4/c23-16-10-8-15(9-11-16)20(25)18-19(14-5-2-1-3-6-14)24(22(27)21(18)26)13-17-7-4-12-28-17/h1-12,19,25H,13H2. The van der Waals surface area contributed by atoms with Crippen molar-refractivity contribution >= 4 is 17.4 Å². The summed E-state index contributed by atoms with van der Waals surface area (Å²) in [5, 5.41) is 10.8. The summed E-state index contributed by atoms with van der Waals surface area (Å²) in [4.78, 5) is 26.9. The molecular weight excluding hydrogens is 361 g/mol. The maximum Gasteiger partial charge on any atom is 0.296 e. The number of carbonyl (C=O) groups excluding carboxylic acids is 2. The Balaban J connectivity index is 1.85. The first-order chi connectivity index (χ1) is 13.6. The maximum atomic E-state index is 13.2. The SMILES string of the molecule is O=C1C(=O)N(Cc2ccco2)C(c2ccccc2)C1=C(O)c1ccc(F)cc1. The summed E-state index contributed by atoms with van der Waals surface area (Å²) in [6.45, 7) is 0.0807. The normalized spacial score (nSPS) is 18.6. The first-order valence-electron chi connectivity index (χ1n) is 8.68.